The van der Waals surface area contributed by atoms with Crippen LogP contribution in [0.25, 0.3) is 6.08 Å². The smallest absolute Gasteiger partial charge is 0.478 e. The number of carboxylic acids is 1. The largest absolute Gasteiger partial charge is 0.491 e. The summed E-state index contributed by atoms with van der Waals surface area (Å²) in [6.07, 6.45) is 3.20. The van der Waals surface area contributed by atoms with Crippen LogP contribution in [-0.2, 0) is 9.31 Å². The van der Waals surface area contributed by atoms with Gasteiger partial charge in [0.2, 0.25) is 0 Å². The van der Waals surface area contributed by atoms with Crippen molar-refractivity contribution >= 4 is 30.8 Å². The normalized spacial score (nSPS) is 19.9. The van der Waals surface area contributed by atoms with E-state index in [0.29, 0.717) is 11.0 Å². The van der Waals surface area contributed by atoms with Crippen molar-refractivity contribution in [2.24, 2.45) is 5.73 Å². The highest BCUT2D eigenvalue weighted by molar-refractivity contribution is 6.55. The minimum absolute atomic E-state index is 0.0559. The molecule has 0 unspecified atom stereocenters. The molecule has 0 bridgehead atoms. The molecule has 0 spiro atoms. The summed E-state index contributed by atoms with van der Waals surface area (Å²) in [4.78, 5) is 15.0. The summed E-state index contributed by atoms with van der Waals surface area (Å²) < 4.78 is 11.9. The molecule has 1 aliphatic rings. The minimum atomic E-state index is -1.14. The van der Waals surface area contributed by atoms with Gasteiger partial charge in [0, 0.05) is 12.7 Å². The van der Waals surface area contributed by atoms with E-state index in [4.69, 9.17) is 31.7 Å². The van der Waals surface area contributed by atoms with Crippen LogP contribution in [0.3, 0.4) is 0 Å². The van der Waals surface area contributed by atoms with E-state index in [1.807, 2.05) is 27.7 Å². The highest BCUT2D eigenvalue weighted by Gasteiger charge is 2.52. The Bertz CT molecular complexity index is 645. The van der Waals surface area contributed by atoms with E-state index < -0.39 is 24.3 Å². The van der Waals surface area contributed by atoms with Crippen LogP contribution in [0.4, 0.5) is 0 Å². The lowest BCUT2D eigenvalue weighted by Gasteiger charge is -2.32. The first-order valence-electron chi connectivity index (χ1n) is 7.22. The van der Waals surface area contributed by atoms with E-state index in [0.717, 1.165) is 0 Å². The van der Waals surface area contributed by atoms with Gasteiger partial charge >= 0.3 is 13.1 Å². The Labute approximate surface area is 140 Å². The Balaban J connectivity index is 2.34. The number of pyridine rings is 1. The van der Waals surface area contributed by atoms with Crippen LogP contribution in [0.15, 0.2) is 17.7 Å². The van der Waals surface area contributed by atoms with E-state index in [2.05, 4.69) is 4.98 Å². The number of nitrogens with two attached hydrogens (primary N) is 1. The number of halogens is 1. The number of aromatic carboxylic acids is 1. The summed E-state index contributed by atoms with van der Waals surface area (Å²) in [5.41, 5.74) is 6.07. The predicted molar refractivity (Wildman–Crippen MR) is 89.3 cm³/mol. The standard InChI is InChI=1S/C15H20BClN2O4/c1-14(2)15(3,4)23-16(22-14)10(7-18)5-9-6-11(13(20)21)12(17)19-8-9/h5-6,8H,7,18H2,1-4H3,(H,20,21). The number of aromatic nitrogens is 1. The zero-order valence-electron chi connectivity index (χ0n) is 13.6. The van der Waals surface area contributed by atoms with Crippen molar-refractivity contribution in [2.75, 3.05) is 6.54 Å². The van der Waals surface area contributed by atoms with Crippen LogP contribution in [-0.4, -0.2) is 40.9 Å². The monoisotopic (exact) mass is 338 g/mol. The zero-order chi connectivity index (χ0) is 17.4. The molecule has 1 aliphatic heterocycles. The first-order chi connectivity index (χ1) is 10.6. The van der Waals surface area contributed by atoms with Gasteiger partial charge in [0.05, 0.1) is 16.8 Å². The lowest BCUT2D eigenvalue weighted by Crippen LogP contribution is -2.41. The van der Waals surface area contributed by atoms with Crippen LogP contribution in [0, 0.1) is 0 Å². The molecule has 1 fully saturated rings. The fourth-order valence-electron chi connectivity index (χ4n) is 2.12. The molecular weight excluding hydrogens is 318 g/mol. The number of carboxylic acid groups (broad SMARTS) is 1. The van der Waals surface area contributed by atoms with E-state index in [1.165, 1.54) is 12.3 Å². The summed E-state index contributed by atoms with van der Waals surface area (Å²) in [5.74, 6) is -1.14. The maximum Gasteiger partial charge on any atom is 0.491 e. The van der Waals surface area contributed by atoms with Gasteiger partial charge in [-0.2, -0.15) is 0 Å². The average molecular weight is 339 g/mol. The molecule has 6 nitrogen and oxygen atoms in total. The maximum atomic E-state index is 11.1. The van der Waals surface area contributed by atoms with Gasteiger partial charge in [0.1, 0.15) is 5.15 Å². The fraction of sp³-hybridized carbons (Fsp3) is 0.467. The molecule has 1 saturated heterocycles. The molecule has 124 valence electrons. The van der Waals surface area contributed by atoms with Gasteiger partial charge in [0.15, 0.2) is 0 Å². The van der Waals surface area contributed by atoms with Crippen LogP contribution in [0.1, 0.15) is 43.6 Å². The van der Waals surface area contributed by atoms with Crippen molar-refractivity contribution in [2.45, 2.75) is 38.9 Å². The maximum absolute atomic E-state index is 11.1. The second-order valence-electron chi connectivity index (χ2n) is 6.42. The predicted octanol–water partition coefficient (Wildman–Crippen LogP) is 2.41. The van der Waals surface area contributed by atoms with Gasteiger partial charge in [-0.1, -0.05) is 17.7 Å². The summed E-state index contributed by atoms with van der Waals surface area (Å²) in [6.45, 7) is 8.02. The average Bonchev–Trinajstić information content (AvgIpc) is 2.66. The highest BCUT2D eigenvalue weighted by Crippen LogP contribution is 2.38. The molecule has 0 aromatic carbocycles. The van der Waals surface area contributed by atoms with Gasteiger partial charge in [0.25, 0.3) is 0 Å². The SMILES string of the molecule is CC1(C)OB(C(=Cc2cnc(Cl)c(C(=O)O)c2)CN)OC1(C)C. The zero-order valence-corrected chi connectivity index (χ0v) is 14.3. The third-order valence-corrected chi connectivity index (χ3v) is 4.54. The molecule has 2 rings (SSSR count). The molecule has 0 aliphatic carbocycles. The van der Waals surface area contributed by atoms with E-state index >= 15 is 0 Å². The lowest BCUT2D eigenvalue weighted by atomic mass is 9.77. The van der Waals surface area contributed by atoms with Crippen LogP contribution < -0.4 is 5.73 Å². The molecule has 1 aromatic heterocycles. The summed E-state index contributed by atoms with van der Waals surface area (Å²) >= 11 is 5.78. The molecule has 2 heterocycles. The van der Waals surface area contributed by atoms with E-state index in [1.54, 1.807) is 6.08 Å². The minimum Gasteiger partial charge on any atom is -0.478 e. The number of hydrogen-bond acceptors (Lipinski definition) is 5. The van der Waals surface area contributed by atoms with Crippen molar-refractivity contribution < 1.29 is 19.2 Å². The summed E-state index contributed by atoms with van der Waals surface area (Å²) in [5, 5.41) is 9.06. The van der Waals surface area contributed by atoms with Crippen LogP contribution in [0.2, 0.25) is 5.15 Å². The molecule has 8 heteroatoms. The number of carbonyl (C=O) groups is 1. The van der Waals surface area contributed by atoms with Gasteiger partial charge in [-0.05, 0) is 44.8 Å². The van der Waals surface area contributed by atoms with Crippen LogP contribution in [0.5, 0.6) is 0 Å². The lowest BCUT2D eigenvalue weighted by molar-refractivity contribution is 0.00578. The van der Waals surface area contributed by atoms with Crippen molar-refractivity contribution in [3.63, 3.8) is 0 Å². The van der Waals surface area contributed by atoms with Gasteiger partial charge in [-0.25, -0.2) is 9.78 Å². The third kappa shape index (κ3) is 3.58. The first-order valence-corrected chi connectivity index (χ1v) is 7.60. The van der Waals surface area contributed by atoms with Crippen molar-refractivity contribution in [1.29, 1.82) is 0 Å². The highest BCUT2D eigenvalue weighted by atomic mass is 35.5. The Hall–Kier alpha value is -1.41. The summed E-state index contributed by atoms with van der Waals surface area (Å²) in [6, 6.07) is 1.44. The van der Waals surface area contributed by atoms with Crippen LogP contribution >= 0.6 is 11.6 Å². The molecule has 0 atom stereocenters. The Morgan fingerprint density at radius 2 is 1.96 bits per heavy atom. The Kier molecular flexibility index (Phi) is 4.87. The van der Waals surface area contributed by atoms with E-state index in [-0.39, 0.29) is 17.3 Å². The quantitative estimate of drug-likeness (QED) is 0.646. The molecule has 0 saturated carbocycles. The van der Waals surface area contributed by atoms with Gasteiger partial charge < -0.3 is 20.1 Å². The fourth-order valence-corrected chi connectivity index (χ4v) is 2.31. The number of rotatable bonds is 4. The second kappa shape index (κ2) is 6.24. The Morgan fingerprint density at radius 3 is 2.43 bits per heavy atom. The Morgan fingerprint density at radius 1 is 1.39 bits per heavy atom. The summed E-state index contributed by atoms with van der Waals surface area (Å²) in [7, 11) is -0.589. The van der Waals surface area contributed by atoms with E-state index in [9.17, 15) is 4.79 Å². The van der Waals surface area contributed by atoms with Crippen molar-refractivity contribution in [1.82, 2.24) is 4.98 Å². The second-order valence-corrected chi connectivity index (χ2v) is 6.78. The van der Waals surface area contributed by atoms with Gasteiger partial charge in [-0.15, -0.1) is 0 Å². The number of nitrogens with zero attached hydrogens (tertiary/aromatic N) is 1. The third-order valence-electron chi connectivity index (χ3n) is 4.23. The molecule has 0 radical (unpaired) electrons. The number of hydrogen-bond donors (Lipinski definition) is 2. The molecule has 0 amide bonds. The van der Waals surface area contributed by atoms with Crippen molar-refractivity contribution in [3.05, 3.63) is 34.0 Å². The van der Waals surface area contributed by atoms with Gasteiger partial charge in [-0.3, -0.25) is 0 Å². The molecule has 1 aromatic rings. The topological polar surface area (TPSA) is 94.7 Å². The molecular formula is C15H20BClN2O4. The first kappa shape index (κ1) is 17.9. The molecule has 23 heavy (non-hydrogen) atoms. The molecule has 3 N–H and O–H groups in total. The van der Waals surface area contributed by atoms with Crippen molar-refractivity contribution in [3.8, 4) is 0 Å².